The van der Waals surface area contributed by atoms with Crippen LogP contribution in [0.5, 0.6) is 0 Å². The molecule has 0 aliphatic carbocycles. The summed E-state index contributed by atoms with van der Waals surface area (Å²) in [4.78, 5) is 23.5. The van der Waals surface area contributed by atoms with Gasteiger partial charge in [0.25, 0.3) is 5.56 Å². The molecule has 0 fully saturated rings. The molecule has 0 atom stereocenters. The molecule has 0 amide bonds. The second-order valence-electron chi connectivity index (χ2n) is 4.50. The number of hydrogen-bond donors (Lipinski definition) is 0. The predicted molar refractivity (Wildman–Crippen MR) is 78.9 cm³/mol. The van der Waals surface area contributed by atoms with Gasteiger partial charge < -0.3 is 0 Å². The first kappa shape index (κ1) is 13.8. The highest BCUT2D eigenvalue weighted by Gasteiger charge is 2.06. The molecule has 0 unspecified atom stereocenters. The van der Waals surface area contributed by atoms with Crippen molar-refractivity contribution in [1.82, 2.24) is 9.13 Å². The Kier molecular flexibility index (Phi) is 4.04. The Morgan fingerprint density at radius 1 is 1.11 bits per heavy atom. The lowest BCUT2D eigenvalue weighted by Crippen LogP contribution is -2.38. The van der Waals surface area contributed by atoms with Crippen LogP contribution in [0, 0.1) is 6.92 Å². The first-order chi connectivity index (χ1) is 9.02. The van der Waals surface area contributed by atoms with Crippen molar-refractivity contribution in [2.45, 2.75) is 18.8 Å². The van der Waals surface area contributed by atoms with Crippen LogP contribution in [0.1, 0.15) is 16.8 Å². The highest BCUT2D eigenvalue weighted by molar-refractivity contribution is 9.08. The van der Waals surface area contributed by atoms with Crippen LogP contribution in [0.4, 0.5) is 0 Å². The van der Waals surface area contributed by atoms with E-state index in [2.05, 4.69) is 15.9 Å². The second kappa shape index (κ2) is 5.57. The lowest BCUT2D eigenvalue weighted by atomic mass is 10.1. The number of aryl methyl sites for hydroxylation is 1. The van der Waals surface area contributed by atoms with Gasteiger partial charge in [-0.05, 0) is 18.1 Å². The van der Waals surface area contributed by atoms with Gasteiger partial charge in [-0.25, -0.2) is 4.79 Å². The van der Waals surface area contributed by atoms with Crippen LogP contribution in [-0.2, 0) is 18.9 Å². The predicted octanol–water partition coefficient (Wildman–Crippen LogP) is 1.80. The number of nitrogens with zero attached hydrogens (tertiary/aromatic N) is 2. The quantitative estimate of drug-likeness (QED) is 0.809. The van der Waals surface area contributed by atoms with E-state index in [4.69, 9.17) is 0 Å². The summed E-state index contributed by atoms with van der Waals surface area (Å²) in [6.45, 7) is 2.25. The van der Waals surface area contributed by atoms with Crippen LogP contribution in [-0.4, -0.2) is 9.13 Å². The molecule has 100 valence electrons. The monoisotopic (exact) mass is 322 g/mol. The maximum Gasteiger partial charge on any atom is 0.331 e. The van der Waals surface area contributed by atoms with E-state index in [1.165, 1.54) is 18.7 Å². The van der Waals surface area contributed by atoms with Gasteiger partial charge >= 0.3 is 5.69 Å². The van der Waals surface area contributed by atoms with Crippen molar-refractivity contribution in [1.29, 1.82) is 0 Å². The van der Waals surface area contributed by atoms with E-state index in [1.807, 2.05) is 24.3 Å². The molecule has 4 nitrogen and oxygen atoms in total. The fourth-order valence-corrected chi connectivity index (χ4v) is 2.26. The van der Waals surface area contributed by atoms with E-state index in [9.17, 15) is 9.59 Å². The molecule has 0 aliphatic rings. The Balaban J connectivity index is 2.40. The van der Waals surface area contributed by atoms with E-state index < -0.39 is 0 Å². The van der Waals surface area contributed by atoms with Gasteiger partial charge in [0.2, 0.25) is 0 Å². The summed E-state index contributed by atoms with van der Waals surface area (Å²) >= 11 is 3.40. The van der Waals surface area contributed by atoms with Crippen LogP contribution in [0.25, 0.3) is 0 Å². The van der Waals surface area contributed by atoms with E-state index in [0.29, 0.717) is 12.2 Å². The number of rotatable bonds is 3. The zero-order valence-electron chi connectivity index (χ0n) is 10.9. The molecule has 2 rings (SSSR count). The van der Waals surface area contributed by atoms with Gasteiger partial charge in [-0.15, -0.1) is 0 Å². The molecule has 1 aromatic carbocycles. The minimum absolute atomic E-state index is 0.270. The molecule has 0 saturated heterocycles. The van der Waals surface area contributed by atoms with Gasteiger partial charge in [0.05, 0.1) is 6.54 Å². The molecular weight excluding hydrogens is 308 g/mol. The first-order valence-electron chi connectivity index (χ1n) is 5.94. The number of aromatic nitrogens is 2. The van der Waals surface area contributed by atoms with Crippen molar-refractivity contribution in [3.63, 3.8) is 0 Å². The third-order valence-electron chi connectivity index (χ3n) is 3.12. The Labute approximate surface area is 119 Å². The molecule has 0 saturated carbocycles. The molecule has 0 aliphatic heterocycles. The van der Waals surface area contributed by atoms with E-state index in [-0.39, 0.29) is 11.2 Å². The molecule has 1 heterocycles. The molecule has 0 bridgehead atoms. The average Bonchev–Trinajstić information content (AvgIpc) is 2.42. The summed E-state index contributed by atoms with van der Waals surface area (Å²) < 4.78 is 2.73. The van der Waals surface area contributed by atoms with Gasteiger partial charge in [0, 0.05) is 24.1 Å². The van der Waals surface area contributed by atoms with Crippen LogP contribution in [0.3, 0.4) is 0 Å². The summed E-state index contributed by atoms with van der Waals surface area (Å²) in [5.74, 6) is 0. The molecule has 19 heavy (non-hydrogen) atoms. The number of benzene rings is 1. The molecule has 1 aromatic heterocycles. The Morgan fingerprint density at radius 3 is 2.26 bits per heavy atom. The Hall–Kier alpha value is -1.62. The van der Waals surface area contributed by atoms with Crippen LogP contribution >= 0.6 is 15.9 Å². The zero-order valence-corrected chi connectivity index (χ0v) is 12.5. The van der Waals surface area contributed by atoms with Gasteiger partial charge in [-0.1, -0.05) is 40.2 Å². The van der Waals surface area contributed by atoms with Gasteiger partial charge in [0.1, 0.15) is 0 Å². The van der Waals surface area contributed by atoms with Crippen molar-refractivity contribution >= 4 is 15.9 Å². The molecule has 5 heteroatoms. The molecule has 0 N–H and O–H groups in total. The second-order valence-corrected chi connectivity index (χ2v) is 5.06. The summed E-state index contributed by atoms with van der Waals surface area (Å²) in [5, 5.41) is 0.812. The van der Waals surface area contributed by atoms with E-state index >= 15 is 0 Å². The summed E-state index contributed by atoms with van der Waals surface area (Å²) in [7, 11) is 1.49. The van der Waals surface area contributed by atoms with Crippen LogP contribution in [0.2, 0.25) is 0 Å². The van der Waals surface area contributed by atoms with E-state index in [0.717, 1.165) is 15.5 Å². The fraction of sp³-hybridized carbons (Fsp3) is 0.286. The third-order valence-corrected chi connectivity index (χ3v) is 3.77. The topological polar surface area (TPSA) is 44.0 Å². The van der Waals surface area contributed by atoms with Gasteiger partial charge in [-0.3, -0.25) is 13.9 Å². The summed E-state index contributed by atoms with van der Waals surface area (Å²) in [6.07, 6.45) is 0. The highest BCUT2D eigenvalue weighted by Crippen LogP contribution is 2.09. The van der Waals surface area contributed by atoms with Crippen LogP contribution in [0.15, 0.2) is 39.9 Å². The maximum absolute atomic E-state index is 12.1. The van der Waals surface area contributed by atoms with Crippen molar-refractivity contribution in [3.05, 3.63) is 68.0 Å². The van der Waals surface area contributed by atoms with Crippen molar-refractivity contribution in [2.75, 3.05) is 0 Å². The lowest BCUT2D eigenvalue weighted by Gasteiger charge is -2.11. The normalized spacial score (nSPS) is 10.7. The maximum atomic E-state index is 12.1. The number of halogens is 1. The lowest BCUT2D eigenvalue weighted by molar-refractivity contribution is 0.627. The Morgan fingerprint density at radius 2 is 1.68 bits per heavy atom. The van der Waals surface area contributed by atoms with E-state index in [1.54, 1.807) is 11.5 Å². The average molecular weight is 323 g/mol. The molecule has 0 radical (unpaired) electrons. The minimum atomic E-state index is -0.283. The standard InChI is InChI=1S/C14H15BrN2O2/c1-10-7-13(18)16(2)14(19)17(10)9-12-5-3-11(8-15)4-6-12/h3-7H,8-9H2,1-2H3. The van der Waals surface area contributed by atoms with Crippen molar-refractivity contribution in [3.8, 4) is 0 Å². The minimum Gasteiger partial charge on any atom is -0.293 e. The Bertz CT molecular complexity index is 699. The zero-order chi connectivity index (χ0) is 14.0. The highest BCUT2D eigenvalue weighted by atomic mass is 79.9. The van der Waals surface area contributed by atoms with Crippen LogP contribution < -0.4 is 11.2 Å². The summed E-state index contributed by atoms with van der Waals surface area (Å²) in [6, 6.07) is 9.51. The van der Waals surface area contributed by atoms with Gasteiger partial charge in [0.15, 0.2) is 0 Å². The first-order valence-corrected chi connectivity index (χ1v) is 7.06. The third kappa shape index (κ3) is 2.87. The SMILES string of the molecule is Cc1cc(=O)n(C)c(=O)n1Cc1ccc(CBr)cc1. The molecule has 2 aromatic rings. The fourth-order valence-electron chi connectivity index (χ4n) is 1.89. The molecule has 0 spiro atoms. The largest absolute Gasteiger partial charge is 0.331 e. The number of alkyl halides is 1. The summed E-state index contributed by atoms with van der Waals surface area (Å²) in [5.41, 5.74) is 2.35. The molecular formula is C14H15BrN2O2. The smallest absolute Gasteiger partial charge is 0.293 e. The number of hydrogen-bond acceptors (Lipinski definition) is 2. The van der Waals surface area contributed by atoms with Gasteiger partial charge in [-0.2, -0.15) is 0 Å². The van der Waals surface area contributed by atoms with Crippen molar-refractivity contribution in [2.24, 2.45) is 7.05 Å². The van der Waals surface area contributed by atoms with Crippen molar-refractivity contribution < 1.29 is 0 Å².